The Balaban J connectivity index is -0.00000192. The number of nitrogens with two attached hydrogens (primary N) is 2. The van der Waals surface area contributed by atoms with Crippen molar-refractivity contribution < 1.29 is 26.3 Å². The second-order valence-electron chi connectivity index (χ2n) is 5.86. The van der Waals surface area contributed by atoms with Gasteiger partial charge in [0.15, 0.2) is 0 Å². The molecule has 0 aromatic heterocycles. The highest BCUT2D eigenvalue weighted by Crippen LogP contribution is 2.36. The zero-order chi connectivity index (χ0) is 18.5. The van der Waals surface area contributed by atoms with E-state index in [1.165, 1.54) is 0 Å². The molecule has 0 saturated carbocycles. The average molecular weight is 467 g/mol. The number of hydrogen-bond donors (Lipinski definition) is 3. The molecule has 0 amide bonds. The van der Waals surface area contributed by atoms with E-state index in [9.17, 15) is 26.3 Å². The molecule has 1 rings (SSSR count). The van der Waals surface area contributed by atoms with Gasteiger partial charge in [0, 0.05) is 25.2 Å². The number of rotatable bonds is 7. The third-order valence-corrected chi connectivity index (χ3v) is 3.38. The second-order valence-corrected chi connectivity index (χ2v) is 5.86. The predicted octanol–water partition coefficient (Wildman–Crippen LogP) is 4.53. The highest BCUT2D eigenvalue weighted by atomic mass is 35.5. The summed E-state index contributed by atoms with van der Waals surface area (Å²) in [5.41, 5.74) is 8.64. The molecule has 12 heteroatoms. The maximum absolute atomic E-state index is 12.7. The van der Waals surface area contributed by atoms with E-state index in [4.69, 9.17) is 11.5 Å². The van der Waals surface area contributed by atoms with Crippen LogP contribution in [0.15, 0.2) is 18.2 Å². The Hall–Kier alpha value is -0.450. The molecule has 0 saturated heterocycles. The third-order valence-electron chi connectivity index (χ3n) is 3.38. The van der Waals surface area contributed by atoms with Crippen LogP contribution in [0.4, 0.5) is 26.3 Å². The minimum Gasteiger partial charge on any atom is -0.328 e. The van der Waals surface area contributed by atoms with Crippen molar-refractivity contribution in [3.8, 4) is 0 Å². The van der Waals surface area contributed by atoms with Crippen LogP contribution in [0, 0.1) is 0 Å². The summed E-state index contributed by atoms with van der Waals surface area (Å²) in [5, 5.41) is 2.78. The maximum Gasteiger partial charge on any atom is 0.416 e. The summed E-state index contributed by atoms with van der Waals surface area (Å²) in [5.74, 6) is 0. The van der Waals surface area contributed by atoms with E-state index in [-0.39, 0.29) is 74.0 Å². The fourth-order valence-electron chi connectivity index (χ4n) is 2.10. The molecule has 0 aliphatic carbocycles. The first-order valence-electron chi connectivity index (χ1n) is 7.40. The summed E-state index contributed by atoms with van der Waals surface area (Å²) in [6.45, 7) is 1.95. The summed E-state index contributed by atoms with van der Waals surface area (Å²) >= 11 is 0. The van der Waals surface area contributed by atoms with Crippen molar-refractivity contribution >= 4 is 37.2 Å². The van der Waals surface area contributed by atoms with E-state index in [0.29, 0.717) is 25.0 Å². The minimum atomic E-state index is -4.84. The lowest BCUT2D eigenvalue weighted by molar-refractivity contribution is -0.143. The molecule has 27 heavy (non-hydrogen) atoms. The van der Waals surface area contributed by atoms with Gasteiger partial charge in [0.05, 0.1) is 11.1 Å². The van der Waals surface area contributed by atoms with Crippen LogP contribution >= 0.6 is 37.2 Å². The molecule has 0 heterocycles. The average Bonchev–Trinajstić information content (AvgIpc) is 2.43. The van der Waals surface area contributed by atoms with Gasteiger partial charge in [0.25, 0.3) is 0 Å². The minimum absolute atomic E-state index is 0. The second kappa shape index (κ2) is 12.9. The molecule has 162 valence electrons. The van der Waals surface area contributed by atoms with Gasteiger partial charge in [-0.05, 0) is 43.5 Å². The van der Waals surface area contributed by atoms with E-state index in [2.05, 4.69) is 5.32 Å². The number of benzene rings is 1. The SMILES string of the molecule is CC(N)CCC(N)CNCc1cc(C(F)(F)F)cc(C(F)(F)F)c1.Cl.Cl.Cl. The number of halogens is 9. The molecule has 1 aromatic carbocycles. The van der Waals surface area contributed by atoms with Crippen LogP contribution in [0.1, 0.15) is 36.5 Å². The van der Waals surface area contributed by atoms with Crippen molar-refractivity contribution in [1.29, 1.82) is 0 Å². The zero-order valence-electron chi connectivity index (χ0n) is 14.4. The molecule has 1 aromatic rings. The highest BCUT2D eigenvalue weighted by molar-refractivity contribution is 5.86. The molecule has 2 atom stereocenters. The third kappa shape index (κ3) is 11.9. The van der Waals surface area contributed by atoms with E-state index in [1.54, 1.807) is 0 Å². The lowest BCUT2D eigenvalue weighted by Gasteiger charge is -2.16. The molecular formula is C15H24Cl3F6N3. The largest absolute Gasteiger partial charge is 0.416 e. The Kier molecular flexibility index (Phi) is 14.9. The molecule has 5 N–H and O–H groups in total. The fraction of sp³-hybridized carbons (Fsp3) is 0.600. The molecule has 0 fully saturated rings. The first-order chi connectivity index (χ1) is 10.9. The van der Waals surface area contributed by atoms with Crippen molar-refractivity contribution in [1.82, 2.24) is 5.32 Å². The van der Waals surface area contributed by atoms with E-state index in [0.717, 1.165) is 0 Å². The van der Waals surface area contributed by atoms with Crippen LogP contribution in [-0.4, -0.2) is 18.6 Å². The van der Waals surface area contributed by atoms with Crippen molar-refractivity contribution in [2.24, 2.45) is 11.5 Å². The van der Waals surface area contributed by atoms with Crippen molar-refractivity contribution in [2.75, 3.05) is 6.54 Å². The standard InChI is InChI=1S/C15H21F6N3.3ClH/c1-9(22)2-3-13(23)8-24-7-10-4-11(14(16,17)18)6-12(5-10)15(19,20)21;;;/h4-6,9,13,24H,2-3,7-8,22-23H2,1H3;3*1H. The normalized spacial score (nSPS) is 13.7. The van der Waals surface area contributed by atoms with Gasteiger partial charge in [-0.15, -0.1) is 37.2 Å². The molecule has 2 unspecified atom stereocenters. The number of hydrogen-bond acceptors (Lipinski definition) is 3. The van der Waals surface area contributed by atoms with Crippen LogP contribution in [0.5, 0.6) is 0 Å². The molecule has 0 aliphatic rings. The van der Waals surface area contributed by atoms with Gasteiger partial charge in [-0.25, -0.2) is 0 Å². The molecule has 0 bridgehead atoms. The van der Waals surface area contributed by atoms with Crippen molar-refractivity contribution in [2.45, 2.75) is 50.7 Å². The highest BCUT2D eigenvalue weighted by Gasteiger charge is 2.36. The molecule has 0 spiro atoms. The van der Waals surface area contributed by atoms with Gasteiger partial charge in [0.2, 0.25) is 0 Å². The smallest absolute Gasteiger partial charge is 0.328 e. The summed E-state index contributed by atoms with van der Waals surface area (Å²) < 4.78 is 76.5. The van der Waals surface area contributed by atoms with E-state index in [1.807, 2.05) is 6.92 Å². The molecule has 0 aliphatic heterocycles. The number of nitrogens with one attached hydrogen (secondary N) is 1. The number of alkyl halides is 6. The topological polar surface area (TPSA) is 64.1 Å². The predicted molar refractivity (Wildman–Crippen MR) is 101 cm³/mol. The molecular weight excluding hydrogens is 443 g/mol. The quantitative estimate of drug-likeness (QED) is 0.517. The van der Waals surface area contributed by atoms with Crippen LogP contribution in [0.3, 0.4) is 0 Å². The van der Waals surface area contributed by atoms with Crippen LogP contribution in [-0.2, 0) is 18.9 Å². The lowest BCUT2D eigenvalue weighted by atomic mass is 10.0. The zero-order valence-corrected chi connectivity index (χ0v) is 16.8. The first-order valence-corrected chi connectivity index (χ1v) is 7.40. The molecule has 3 nitrogen and oxygen atoms in total. The van der Waals surface area contributed by atoms with E-state index >= 15 is 0 Å². The lowest BCUT2D eigenvalue weighted by Crippen LogP contribution is -2.34. The van der Waals surface area contributed by atoms with Crippen molar-refractivity contribution in [3.05, 3.63) is 34.9 Å². The van der Waals surface area contributed by atoms with Crippen LogP contribution < -0.4 is 16.8 Å². The van der Waals surface area contributed by atoms with Gasteiger partial charge in [-0.2, -0.15) is 26.3 Å². The summed E-state index contributed by atoms with van der Waals surface area (Å²) in [4.78, 5) is 0. The summed E-state index contributed by atoms with van der Waals surface area (Å²) in [6, 6.07) is 1.22. The van der Waals surface area contributed by atoms with Crippen LogP contribution in [0.2, 0.25) is 0 Å². The Bertz CT molecular complexity index is 506. The molecule has 0 radical (unpaired) electrons. The van der Waals surface area contributed by atoms with Gasteiger partial charge in [-0.3, -0.25) is 0 Å². The van der Waals surface area contributed by atoms with E-state index < -0.39 is 23.5 Å². The first kappa shape index (κ1) is 31.3. The monoisotopic (exact) mass is 465 g/mol. The Morgan fingerprint density at radius 1 is 0.852 bits per heavy atom. The Labute approximate surface area is 172 Å². The van der Waals surface area contributed by atoms with Crippen molar-refractivity contribution in [3.63, 3.8) is 0 Å². The van der Waals surface area contributed by atoms with Gasteiger partial charge < -0.3 is 16.8 Å². The Morgan fingerprint density at radius 3 is 1.67 bits per heavy atom. The maximum atomic E-state index is 12.7. The fourth-order valence-corrected chi connectivity index (χ4v) is 2.10. The van der Waals surface area contributed by atoms with Crippen LogP contribution in [0.25, 0.3) is 0 Å². The van der Waals surface area contributed by atoms with Gasteiger partial charge in [-0.1, -0.05) is 0 Å². The Morgan fingerprint density at radius 2 is 1.30 bits per heavy atom. The van der Waals surface area contributed by atoms with Gasteiger partial charge >= 0.3 is 12.4 Å². The summed E-state index contributed by atoms with van der Waals surface area (Å²) in [7, 11) is 0. The summed E-state index contributed by atoms with van der Waals surface area (Å²) in [6.07, 6.45) is -8.39. The van der Waals surface area contributed by atoms with Gasteiger partial charge in [0.1, 0.15) is 0 Å².